The highest BCUT2D eigenvalue weighted by Gasteiger charge is 2.25. The van der Waals surface area contributed by atoms with Crippen LogP contribution in [0, 0.1) is 0 Å². The van der Waals surface area contributed by atoms with E-state index < -0.39 is 0 Å². The molecular weight excluding hydrogens is 318 g/mol. The zero-order valence-electron chi connectivity index (χ0n) is 14.0. The Hall–Kier alpha value is -1.75. The lowest BCUT2D eigenvalue weighted by molar-refractivity contribution is -0.133. The molecule has 1 aromatic carbocycles. The highest BCUT2D eigenvalue weighted by molar-refractivity contribution is 7.99. The predicted octanol–water partition coefficient (Wildman–Crippen LogP) is 3.24. The third kappa shape index (κ3) is 4.87. The molecule has 2 aromatic rings. The molecule has 0 bridgehead atoms. The minimum absolute atomic E-state index is 0.288. The van der Waals surface area contributed by atoms with Gasteiger partial charge >= 0.3 is 0 Å². The molecule has 1 aromatic heterocycles. The van der Waals surface area contributed by atoms with Gasteiger partial charge in [-0.15, -0.1) is 0 Å². The molecule has 1 saturated heterocycles. The Kier molecular flexibility index (Phi) is 6.35. The van der Waals surface area contributed by atoms with Gasteiger partial charge in [0.1, 0.15) is 0 Å². The first-order valence-corrected chi connectivity index (χ1v) is 9.85. The van der Waals surface area contributed by atoms with Gasteiger partial charge in [0.25, 0.3) is 0 Å². The molecule has 0 saturated carbocycles. The minimum Gasteiger partial charge on any atom is -0.338 e. The maximum atomic E-state index is 12.9. The van der Waals surface area contributed by atoms with Gasteiger partial charge in [0.2, 0.25) is 5.91 Å². The molecule has 5 heteroatoms. The van der Waals surface area contributed by atoms with Gasteiger partial charge in [0.05, 0.1) is 6.33 Å². The third-order valence-corrected chi connectivity index (χ3v) is 5.63. The molecule has 2 heterocycles. The summed E-state index contributed by atoms with van der Waals surface area (Å²) in [5.74, 6) is 2.62. The molecule has 0 unspecified atom stereocenters. The highest BCUT2D eigenvalue weighted by atomic mass is 32.2. The molecule has 1 amide bonds. The molecule has 0 spiro atoms. The number of nitrogens with zero attached hydrogens (tertiary/aromatic N) is 3. The van der Waals surface area contributed by atoms with Gasteiger partial charge in [-0.05, 0) is 36.3 Å². The van der Waals surface area contributed by atoms with E-state index in [1.54, 1.807) is 6.20 Å². The summed E-state index contributed by atoms with van der Waals surface area (Å²) in [5.41, 5.74) is 1.24. The average molecular weight is 343 g/mol. The first kappa shape index (κ1) is 17.1. The van der Waals surface area contributed by atoms with E-state index >= 15 is 0 Å². The topological polar surface area (TPSA) is 38.1 Å². The standard InChI is InChI=1S/C19H25N3OS/c23-19(7-6-17-4-2-1-3-5-17)22(18-8-14-24-15-9-18)13-12-21-11-10-20-16-21/h1-5,10-11,16,18H,6-9,12-15H2. The summed E-state index contributed by atoms with van der Waals surface area (Å²) in [5, 5.41) is 0. The van der Waals surface area contributed by atoms with E-state index in [1.807, 2.05) is 42.5 Å². The van der Waals surface area contributed by atoms with E-state index in [1.165, 1.54) is 5.56 Å². The summed E-state index contributed by atoms with van der Waals surface area (Å²) in [4.78, 5) is 19.1. The van der Waals surface area contributed by atoms with Gasteiger partial charge in [0.15, 0.2) is 0 Å². The maximum absolute atomic E-state index is 12.9. The van der Waals surface area contributed by atoms with Crippen LogP contribution in [0.2, 0.25) is 0 Å². The number of hydrogen-bond acceptors (Lipinski definition) is 3. The lowest BCUT2D eigenvalue weighted by Crippen LogP contribution is -2.44. The second-order valence-corrected chi connectivity index (χ2v) is 7.44. The number of rotatable bonds is 7. The Bertz CT molecular complexity index is 609. The molecule has 0 atom stereocenters. The number of imidazole rings is 1. The van der Waals surface area contributed by atoms with Crippen LogP contribution in [-0.2, 0) is 17.8 Å². The molecule has 0 aliphatic carbocycles. The summed E-state index contributed by atoms with van der Waals surface area (Å²) < 4.78 is 2.05. The molecule has 3 rings (SSSR count). The molecule has 1 aliphatic rings. The second-order valence-electron chi connectivity index (χ2n) is 6.22. The van der Waals surface area contributed by atoms with Crippen LogP contribution in [0.1, 0.15) is 24.8 Å². The number of aryl methyl sites for hydroxylation is 1. The van der Waals surface area contributed by atoms with E-state index in [4.69, 9.17) is 0 Å². The fourth-order valence-electron chi connectivity index (χ4n) is 3.19. The highest BCUT2D eigenvalue weighted by Crippen LogP contribution is 2.22. The lowest BCUT2D eigenvalue weighted by Gasteiger charge is -2.34. The second kappa shape index (κ2) is 8.92. The third-order valence-electron chi connectivity index (χ3n) is 4.58. The van der Waals surface area contributed by atoms with E-state index in [0.29, 0.717) is 12.5 Å². The molecule has 4 nitrogen and oxygen atoms in total. The van der Waals surface area contributed by atoms with E-state index in [-0.39, 0.29) is 5.91 Å². The Morgan fingerprint density at radius 2 is 2.04 bits per heavy atom. The SMILES string of the molecule is O=C(CCc1ccccc1)N(CCn1ccnc1)C1CCSCC1. The van der Waals surface area contributed by atoms with Crippen molar-refractivity contribution in [1.29, 1.82) is 0 Å². The van der Waals surface area contributed by atoms with Crippen LogP contribution in [0.25, 0.3) is 0 Å². The fraction of sp³-hybridized carbons (Fsp3) is 0.474. The number of benzene rings is 1. The lowest BCUT2D eigenvalue weighted by atomic mass is 10.1. The summed E-state index contributed by atoms with van der Waals surface area (Å²) in [6.45, 7) is 1.60. The van der Waals surface area contributed by atoms with Crippen LogP contribution in [0.4, 0.5) is 0 Å². The van der Waals surface area contributed by atoms with Crippen LogP contribution in [0.15, 0.2) is 49.1 Å². The largest absolute Gasteiger partial charge is 0.338 e. The summed E-state index contributed by atoms with van der Waals surface area (Å²) in [6.07, 6.45) is 9.23. The Morgan fingerprint density at radius 1 is 1.25 bits per heavy atom. The fourth-order valence-corrected chi connectivity index (χ4v) is 4.27. The number of carbonyl (C=O) groups is 1. The number of thioether (sulfide) groups is 1. The van der Waals surface area contributed by atoms with Crippen molar-refractivity contribution >= 4 is 17.7 Å². The van der Waals surface area contributed by atoms with Gasteiger partial charge in [-0.3, -0.25) is 4.79 Å². The monoisotopic (exact) mass is 343 g/mol. The van der Waals surface area contributed by atoms with Crippen LogP contribution < -0.4 is 0 Å². The summed E-state index contributed by atoms with van der Waals surface area (Å²) in [7, 11) is 0. The molecular formula is C19H25N3OS. The van der Waals surface area contributed by atoms with Crippen molar-refractivity contribution < 1.29 is 4.79 Å². The molecule has 1 aliphatic heterocycles. The zero-order valence-corrected chi connectivity index (χ0v) is 14.8. The number of aromatic nitrogens is 2. The predicted molar refractivity (Wildman–Crippen MR) is 99.1 cm³/mol. The average Bonchev–Trinajstić information content (AvgIpc) is 3.15. The van der Waals surface area contributed by atoms with Gasteiger partial charge < -0.3 is 9.47 Å². The summed E-state index contributed by atoms with van der Waals surface area (Å²) >= 11 is 2.00. The van der Waals surface area contributed by atoms with Crippen molar-refractivity contribution in [3.8, 4) is 0 Å². The van der Waals surface area contributed by atoms with E-state index in [2.05, 4.69) is 26.6 Å². The van der Waals surface area contributed by atoms with Gasteiger partial charge in [-0.2, -0.15) is 11.8 Å². The minimum atomic E-state index is 0.288. The summed E-state index contributed by atoms with van der Waals surface area (Å²) in [6, 6.07) is 10.7. The first-order valence-electron chi connectivity index (χ1n) is 8.70. The van der Waals surface area contributed by atoms with Crippen LogP contribution in [0.3, 0.4) is 0 Å². The number of carbonyl (C=O) groups excluding carboxylic acids is 1. The Balaban J connectivity index is 1.59. The molecule has 1 fully saturated rings. The molecule has 0 N–H and O–H groups in total. The Labute approximate surface area is 148 Å². The quantitative estimate of drug-likeness (QED) is 0.775. The van der Waals surface area contributed by atoms with Crippen LogP contribution in [-0.4, -0.2) is 44.5 Å². The normalized spacial score (nSPS) is 15.3. The zero-order chi connectivity index (χ0) is 16.6. The molecule has 0 radical (unpaired) electrons. The van der Waals surface area contributed by atoms with Crippen molar-refractivity contribution in [1.82, 2.24) is 14.5 Å². The molecule has 24 heavy (non-hydrogen) atoms. The van der Waals surface area contributed by atoms with Gasteiger partial charge in [-0.25, -0.2) is 4.98 Å². The smallest absolute Gasteiger partial charge is 0.223 e. The van der Waals surface area contributed by atoms with E-state index in [0.717, 1.165) is 43.9 Å². The van der Waals surface area contributed by atoms with Crippen molar-refractivity contribution in [2.75, 3.05) is 18.1 Å². The molecule has 128 valence electrons. The van der Waals surface area contributed by atoms with Crippen LogP contribution >= 0.6 is 11.8 Å². The van der Waals surface area contributed by atoms with Crippen molar-refractivity contribution in [2.45, 2.75) is 38.3 Å². The maximum Gasteiger partial charge on any atom is 0.223 e. The first-order chi connectivity index (χ1) is 11.8. The van der Waals surface area contributed by atoms with Crippen LogP contribution in [0.5, 0.6) is 0 Å². The number of amides is 1. The Morgan fingerprint density at radius 3 is 2.75 bits per heavy atom. The van der Waals surface area contributed by atoms with Gasteiger partial charge in [0, 0.05) is 37.9 Å². The van der Waals surface area contributed by atoms with Crippen molar-refractivity contribution in [3.63, 3.8) is 0 Å². The van der Waals surface area contributed by atoms with Crippen molar-refractivity contribution in [3.05, 3.63) is 54.6 Å². The van der Waals surface area contributed by atoms with Crippen molar-refractivity contribution in [2.24, 2.45) is 0 Å². The van der Waals surface area contributed by atoms with Gasteiger partial charge in [-0.1, -0.05) is 30.3 Å². The number of hydrogen-bond donors (Lipinski definition) is 0. The van der Waals surface area contributed by atoms with E-state index in [9.17, 15) is 4.79 Å².